The van der Waals surface area contributed by atoms with E-state index in [9.17, 15) is 30.3 Å². The van der Waals surface area contributed by atoms with E-state index in [1.807, 2.05) is 0 Å². The molecule has 1 unspecified atom stereocenters. The van der Waals surface area contributed by atoms with Gasteiger partial charge in [-0.3, -0.25) is 4.79 Å². The molecule has 0 aliphatic carbocycles. The highest BCUT2D eigenvalue weighted by Crippen LogP contribution is 2.24. The molecule has 1 fully saturated rings. The van der Waals surface area contributed by atoms with E-state index in [2.05, 4.69) is 0 Å². The Hall–Kier alpha value is -0.890. The number of carboxylic acids is 1. The van der Waals surface area contributed by atoms with E-state index in [1.54, 1.807) is 0 Å². The average molecular weight is 342 g/mol. The second kappa shape index (κ2) is 8.82. The maximum atomic E-state index is 10.6. The Morgan fingerprint density at radius 3 is 2.13 bits per heavy atom. The van der Waals surface area contributed by atoms with Crippen molar-refractivity contribution in [3.05, 3.63) is 0 Å². The topological polar surface area (TPSA) is 197 Å². The minimum Gasteiger partial charge on any atom is -0.481 e. The lowest BCUT2D eigenvalue weighted by molar-refractivity contribution is -0.324. The number of aliphatic hydroxyl groups is 7. The molecule has 136 valence electrons. The number of aliphatic carboxylic acids is 1. The maximum absolute atomic E-state index is 10.6. The van der Waals surface area contributed by atoms with Crippen LogP contribution in [0.1, 0.15) is 6.42 Å². The van der Waals surface area contributed by atoms with Gasteiger partial charge in [-0.05, 0) is 0 Å². The Morgan fingerprint density at radius 1 is 1.04 bits per heavy atom. The Bertz CT molecular complexity index is 376. The zero-order chi connectivity index (χ0) is 17.7. The molecule has 0 aromatic carbocycles. The van der Waals surface area contributed by atoms with Gasteiger partial charge >= 0.3 is 5.97 Å². The Labute approximate surface area is 130 Å². The predicted octanol–water partition coefficient (Wildman–Crippen LogP) is -4.64. The molecule has 8 N–H and O–H groups in total. The normalized spacial score (nSPS) is 35.5. The molecule has 8 atom stereocenters. The molecular formula is C12H22O11. The van der Waals surface area contributed by atoms with Crippen molar-refractivity contribution >= 4 is 5.97 Å². The van der Waals surface area contributed by atoms with Crippen molar-refractivity contribution in [2.75, 3.05) is 13.2 Å². The second-order valence-electron chi connectivity index (χ2n) is 5.21. The van der Waals surface area contributed by atoms with Crippen LogP contribution in [-0.2, 0) is 14.3 Å². The highest BCUT2D eigenvalue weighted by Gasteiger charge is 2.46. The van der Waals surface area contributed by atoms with Gasteiger partial charge in [-0.2, -0.15) is 0 Å². The summed E-state index contributed by atoms with van der Waals surface area (Å²) < 4.78 is 10.1. The van der Waals surface area contributed by atoms with Crippen molar-refractivity contribution in [3.8, 4) is 0 Å². The summed E-state index contributed by atoms with van der Waals surface area (Å²) in [5, 5.41) is 75.1. The van der Waals surface area contributed by atoms with Crippen LogP contribution in [0.15, 0.2) is 0 Å². The SMILES string of the molecule is O=C(O)C[C@@H](O)[C@H](OC1O[C@H](CO)[C@H](O)[C@H](O)[C@H]1O)[C@H](O)CO. The molecule has 11 heteroatoms. The van der Waals surface area contributed by atoms with Crippen LogP contribution in [0.5, 0.6) is 0 Å². The molecule has 0 spiro atoms. The van der Waals surface area contributed by atoms with Gasteiger partial charge in [0.15, 0.2) is 6.29 Å². The van der Waals surface area contributed by atoms with E-state index in [4.69, 9.17) is 24.8 Å². The standard InChI is InChI=1S/C12H22O11/c13-2-5(16)11(4(15)1-7(17)18)23-12-10(21)9(20)8(19)6(3-14)22-12/h4-6,8-16,19-21H,1-3H2,(H,17,18)/t4-,5-,6-,8+,9+,10-,11+,12?/m1/s1. The summed E-state index contributed by atoms with van der Waals surface area (Å²) in [6, 6.07) is 0. The summed E-state index contributed by atoms with van der Waals surface area (Å²) in [6.45, 7) is -1.59. The third-order valence-corrected chi connectivity index (χ3v) is 3.47. The van der Waals surface area contributed by atoms with Gasteiger partial charge in [-0.25, -0.2) is 0 Å². The largest absolute Gasteiger partial charge is 0.481 e. The van der Waals surface area contributed by atoms with Crippen LogP contribution in [-0.4, -0.2) is 109 Å². The molecule has 1 rings (SSSR count). The zero-order valence-corrected chi connectivity index (χ0v) is 12.0. The van der Waals surface area contributed by atoms with Crippen molar-refractivity contribution in [1.82, 2.24) is 0 Å². The number of hydrogen-bond donors (Lipinski definition) is 8. The fourth-order valence-corrected chi connectivity index (χ4v) is 2.17. The summed E-state index contributed by atoms with van der Waals surface area (Å²) in [7, 11) is 0. The number of rotatable bonds is 8. The van der Waals surface area contributed by atoms with E-state index < -0.39 is 74.6 Å². The first-order valence-electron chi connectivity index (χ1n) is 6.87. The van der Waals surface area contributed by atoms with Crippen molar-refractivity contribution in [1.29, 1.82) is 0 Å². The first-order valence-corrected chi connectivity index (χ1v) is 6.87. The first-order chi connectivity index (χ1) is 10.7. The van der Waals surface area contributed by atoms with E-state index in [0.29, 0.717) is 0 Å². The lowest BCUT2D eigenvalue weighted by Crippen LogP contribution is -2.61. The van der Waals surface area contributed by atoms with Gasteiger partial charge in [0.05, 0.1) is 25.7 Å². The van der Waals surface area contributed by atoms with Crippen molar-refractivity contribution in [3.63, 3.8) is 0 Å². The van der Waals surface area contributed by atoms with Gasteiger partial charge in [0.1, 0.15) is 36.6 Å². The van der Waals surface area contributed by atoms with E-state index in [-0.39, 0.29) is 0 Å². The number of ether oxygens (including phenoxy) is 2. The summed E-state index contributed by atoms with van der Waals surface area (Å²) in [6.07, 6.45) is -14.0. The van der Waals surface area contributed by atoms with Gasteiger partial charge < -0.3 is 50.3 Å². The van der Waals surface area contributed by atoms with Crippen molar-refractivity contribution < 1.29 is 55.1 Å². The Balaban J connectivity index is 2.86. The van der Waals surface area contributed by atoms with Crippen LogP contribution in [0, 0.1) is 0 Å². The molecule has 0 aromatic heterocycles. The molecule has 1 heterocycles. The summed E-state index contributed by atoms with van der Waals surface area (Å²) >= 11 is 0. The van der Waals surface area contributed by atoms with Gasteiger partial charge in [0.2, 0.25) is 0 Å². The number of carbonyl (C=O) groups is 1. The average Bonchev–Trinajstić information content (AvgIpc) is 2.50. The van der Waals surface area contributed by atoms with Crippen molar-refractivity contribution in [2.24, 2.45) is 0 Å². The third kappa shape index (κ3) is 5.04. The van der Waals surface area contributed by atoms with Crippen molar-refractivity contribution in [2.45, 2.75) is 55.4 Å². The minimum atomic E-state index is -1.79. The summed E-state index contributed by atoms with van der Waals surface area (Å²) in [5.74, 6) is -1.40. The smallest absolute Gasteiger partial charge is 0.306 e. The fraction of sp³-hybridized carbons (Fsp3) is 0.917. The zero-order valence-electron chi connectivity index (χ0n) is 12.0. The lowest BCUT2D eigenvalue weighted by atomic mass is 9.99. The Morgan fingerprint density at radius 2 is 1.65 bits per heavy atom. The highest BCUT2D eigenvalue weighted by molar-refractivity contribution is 5.67. The molecule has 11 nitrogen and oxygen atoms in total. The van der Waals surface area contributed by atoms with Crippen LogP contribution in [0.25, 0.3) is 0 Å². The molecule has 0 radical (unpaired) electrons. The van der Waals surface area contributed by atoms with Crippen LogP contribution < -0.4 is 0 Å². The molecule has 1 aliphatic rings. The van der Waals surface area contributed by atoms with Crippen LogP contribution in [0.3, 0.4) is 0 Å². The second-order valence-corrected chi connectivity index (χ2v) is 5.21. The van der Waals surface area contributed by atoms with Gasteiger partial charge in [0, 0.05) is 0 Å². The highest BCUT2D eigenvalue weighted by atomic mass is 16.7. The van der Waals surface area contributed by atoms with Gasteiger partial charge in [-0.15, -0.1) is 0 Å². The lowest BCUT2D eigenvalue weighted by Gasteiger charge is -2.41. The minimum absolute atomic E-state index is 0.713. The molecule has 23 heavy (non-hydrogen) atoms. The molecule has 0 saturated carbocycles. The maximum Gasteiger partial charge on any atom is 0.306 e. The predicted molar refractivity (Wildman–Crippen MR) is 70.0 cm³/mol. The first kappa shape index (κ1) is 20.2. The van der Waals surface area contributed by atoms with E-state index in [0.717, 1.165) is 0 Å². The molecule has 0 amide bonds. The third-order valence-electron chi connectivity index (χ3n) is 3.47. The summed E-state index contributed by atoms with van der Waals surface area (Å²) in [4.78, 5) is 10.6. The van der Waals surface area contributed by atoms with Gasteiger partial charge in [0.25, 0.3) is 0 Å². The van der Waals surface area contributed by atoms with Crippen LogP contribution in [0.4, 0.5) is 0 Å². The van der Waals surface area contributed by atoms with Crippen LogP contribution >= 0.6 is 0 Å². The molecule has 0 aromatic rings. The van der Waals surface area contributed by atoms with Gasteiger partial charge in [-0.1, -0.05) is 0 Å². The van der Waals surface area contributed by atoms with E-state index >= 15 is 0 Å². The van der Waals surface area contributed by atoms with E-state index in [1.165, 1.54) is 0 Å². The molecule has 1 saturated heterocycles. The number of hydrogen-bond acceptors (Lipinski definition) is 10. The molecule has 0 bridgehead atoms. The van der Waals surface area contributed by atoms with Crippen LogP contribution in [0.2, 0.25) is 0 Å². The number of aliphatic hydroxyl groups excluding tert-OH is 7. The molecular weight excluding hydrogens is 320 g/mol. The molecule has 1 aliphatic heterocycles. The quantitative estimate of drug-likeness (QED) is 0.211. The summed E-state index contributed by atoms with van der Waals surface area (Å²) in [5.41, 5.74) is 0. The fourth-order valence-electron chi connectivity index (χ4n) is 2.17. The Kier molecular flexibility index (Phi) is 7.73. The monoisotopic (exact) mass is 342 g/mol. The number of carboxylic acid groups (broad SMARTS) is 1.